The summed E-state index contributed by atoms with van der Waals surface area (Å²) in [6, 6.07) is 10.2. The lowest BCUT2D eigenvalue weighted by atomic mass is 10.1. The highest BCUT2D eigenvalue weighted by Crippen LogP contribution is 2.13. The molecule has 0 aliphatic carbocycles. The number of carbonyl (C=O) groups excluding carboxylic acids is 2. The molecule has 0 spiro atoms. The van der Waals surface area contributed by atoms with E-state index in [-0.39, 0.29) is 18.0 Å². The molecule has 0 radical (unpaired) electrons. The molecule has 3 amide bonds. The Balaban J connectivity index is 1.91. The monoisotopic (exact) mass is 361 g/mol. The molecule has 0 saturated carbocycles. The highest BCUT2D eigenvalue weighted by molar-refractivity contribution is 5.97. The Morgan fingerprint density at radius 3 is 2.38 bits per heavy atom. The Morgan fingerprint density at radius 2 is 1.73 bits per heavy atom. The van der Waals surface area contributed by atoms with E-state index in [2.05, 4.69) is 16.0 Å². The maximum atomic E-state index is 13.7. The second-order valence-corrected chi connectivity index (χ2v) is 5.76. The van der Waals surface area contributed by atoms with Gasteiger partial charge in [-0.3, -0.25) is 4.79 Å². The summed E-state index contributed by atoms with van der Waals surface area (Å²) >= 11 is 0. The molecular formula is C19H21F2N3O2. The molecule has 0 aliphatic heterocycles. The molecule has 3 N–H and O–H groups in total. The zero-order valence-electron chi connectivity index (χ0n) is 14.4. The number of rotatable bonds is 7. The van der Waals surface area contributed by atoms with E-state index in [1.807, 2.05) is 6.92 Å². The molecule has 0 heterocycles. The van der Waals surface area contributed by atoms with Crippen molar-refractivity contribution in [3.63, 3.8) is 0 Å². The number of amides is 3. The SMILES string of the molecule is CCCC(NC(=O)NCc1ccc(F)cc1)C(=O)Nc1ccccc1F. The van der Waals surface area contributed by atoms with Gasteiger partial charge in [0.1, 0.15) is 17.7 Å². The molecule has 0 bridgehead atoms. The average Bonchev–Trinajstić information content (AvgIpc) is 2.63. The predicted molar refractivity (Wildman–Crippen MR) is 95.5 cm³/mol. The van der Waals surface area contributed by atoms with Gasteiger partial charge in [-0.1, -0.05) is 37.6 Å². The summed E-state index contributed by atoms with van der Waals surface area (Å²) in [6.45, 7) is 2.07. The van der Waals surface area contributed by atoms with E-state index in [4.69, 9.17) is 0 Å². The molecule has 5 nitrogen and oxygen atoms in total. The van der Waals surface area contributed by atoms with Gasteiger partial charge in [0.05, 0.1) is 5.69 Å². The Morgan fingerprint density at radius 1 is 1.04 bits per heavy atom. The predicted octanol–water partition coefficient (Wildman–Crippen LogP) is 3.57. The number of urea groups is 1. The minimum Gasteiger partial charge on any atom is -0.334 e. The first-order valence-corrected chi connectivity index (χ1v) is 8.33. The molecule has 2 aromatic carbocycles. The first-order chi connectivity index (χ1) is 12.5. The summed E-state index contributed by atoms with van der Waals surface area (Å²) in [5, 5.41) is 7.67. The van der Waals surface area contributed by atoms with Crippen molar-refractivity contribution < 1.29 is 18.4 Å². The van der Waals surface area contributed by atoms with E-state index in [1.165, 1.54) is 30.3 Å². The third-order valence-corrected chi connectivity index (χ3v) is 3.70. The normalized spacial score (nSPS) is 11.5. The second-order valence-electron chi connectivity index (χ2n) is 5.76. The Labute approximate surface area is 150 Å². The lowest BCUT2D eigenvalue weighted by molar-refractivity contribution is -0.118. The minimum absolute atomic E-state index is 0.0622. The van der Waals surface area contributed by atoms with Crippen LogP contribution in [0.15, 0.2) is 48.5 Å². The van der Waals surface area contributed by atoms with E-state index in [1.54, 1.807) is 18.2 Å². The summed E-state index contributed by atoms with van der Waals surface area (Å²) in [4.78, 5) is 24.4. The number of hydrogen-bond donors (Lipinski definition) is 3. The van der Waals surface area contributed by atoms with Crippen LogP contribution in [-0.4, -0.2) is 18.0 Å². The van der Waals surface area contributed by atoms with Crippen molar-refractivity contribution >= 4 is 17.6 Å². The van der Waals surface area contributed by atoms with Gasteiger partial charge in [0, 0.05) is 6.54 Å². The van der Waals surface area contributed by atoms with Crippen LogP contribution in [0.25, 0.3) is 0 Å². The van der Waals surface area contributed by atoms with E-state index < -0.39 is 23.8 Å². The van der Waals surface area contributed by atoms with Crippen molar-refractivity contribution in [2.24, 2.45) is 0 Å². The van der Waals surface area contributed by atoms with Crippen molar-refractivity contribution in [1.29, 1.82) is 0 Å². The topological polar surface area (TPSA) is 70.2 Å². The number of nitrogens with one attached hydrogen (secondary N) is 3. The maximum Gasteiger partial charge on any atom is 0.315 e. The number of halogens is 2. The first-order valence-electron chi connectivity index (χ1n) is 8.33. The number of carbonyl (C=O) groups is 2. The van der Waals surface area contributed by atoms with Crippen LogP contribution in [0.3, 0.4) is 0 Å². The zero-order chi connectivity index (χ0) is 18.9. The van der Waals surface area contributed by atoms with Crippen LogP contribution in [0.4, 0.5) is 19.3 Å². The number of para-hydroxylation sites is 1. The van der Waals surface area contributed by atoms with Crippen LogP contribution >= 0.6 is 0 Å². The van der Waals surface area contributed by atoms with Crippen LogP contribution in [0, 0.1) is 11.6 Å². The molecule has 0 saturated heterocycles. The highest BCUT2D eigenvalue weighted by atomic mass is 19.1. The van der Waals surface area contributed by atoms with Crippen LogP contribution < -0.4 is 16.0 Å². The smallest absolute Gasteiger partial charge is 0.315 e. The van der Waals surface area contributed by atoms with Crippen molar-refractivity contribution in [3.05, 3.63) is 65.7 Å². The molecule has 7 heteroatoms. The summed E-state index contributed by atoms with van der Waals surface area (Å²) in [5.74, 6) is -1.39. The number of benzene rings is 2. The molecule has 138 valence electrons. The number of hydrogen-bond acceptors (Lipinski definition) is 2. The summed E-state index contributed by atoms with van der Waals surface area (Å²) in [5.41, 5.74) is 0.788. The minimum atomic E-state index is -0.798. The van der Waals surface area contributed by atoms with Crippen molar-refractivity contribution in [1.82, 2.24) is 10.6 Å². The van der Waals surface area contributed by atoms with E-state index in [0.717, 1.165) is 5.56 Å². The highest BCUT2D eigenvalue weighted by Gasteiger charge is 2.20. The zero-order valence-corrected chi connectivity index (χ0v) is 14.4. The van der Waals surface area contributed by atoms with E-state index in [9.17, 15) is 18.4 Å². The molecule has 1 atom stereocenters. The Kier molecular flexibility index (Phi) is 7.08. The molecule has 1 unspecified atom stereocenters. The van der Waals surface area contributed by atoms with Gasteiger partial charge in [-0.15, -0.1) is 0 Å². The lowest BCUT2D eigenvalue weighted by Crippen LogP contribution is -2.47. The van der Waals surface area contributed by atoms with Crippen molar-refractivity contribution in [2.75, 3.05) is 5.32 Å². The molecule has 2 aromatic rings. The first kappa shape index (κ1) is 19.4. The lowest BCUT2D eigenvalue weighted by Gasteiger charge is -2.18. The van der Waals surface area contributed by atoms with Gasteiger partial charge in [-0.25, -0.2) is 13.6 Å². The fraction of sp³-hybridized carbons (Fsp3) is 0.263. The molecular weight excluding hydrogens is 340 g/mol. The quantitative estimate of drug-likeness (QED) is 0.706. The molecule has 26 heavy (non-hydrogen) atoms. The average molecular weight is 361 g/mol. The van der Waals surface area contributed by atoms with Crippen LogP contribution in [0.5, 0.6) is 0 Å². The third kappa shape index (κ3) is 5.84. The van der Waals surface area contributed by atoms with Gasteiger partial charge < -0.3 is 16.0 Å². The summed E-state index contributed by atoms with van der Waals surface area (Å²) < 4.78 is 26.5. The van der Waals surface area contributed by atoms with Crippen LogP contribution in [-0.2, 0) is 11.3 Å². The fourth-order valence-corrected chi connectivity index (χ4v) is 2.33. The fourth-order valence-electron chi connectivity index (χ4n) is 2.33. The second kappa shape index (κ2) is 9.50. The Hall–Kier alpha value is -2.96. The van der Waals surface area contributed by atoms with E-state index >= 15 is 0 Å². The molecule has 0 aromatic heterocycles. The molecule has 0 fully saturated rings. The third-order valence-electron chi connectivity index (χ3n) is 3.70. The van der Waals surface area contributed by atoms with Gasteiger partial charge in [0.15, 0.2) is 0 Å². The largest absolute Gasteiger partial charge is 0.334 e. The van der Waals surface area contributed by atoms with Gasteiger partial charge >= 0.3 is 6.03 Å². The standard InChI is InChI=1S/C19H21F2N3O2/c1-2-5-17(18(25)23-16-7-4-3-6-15(16)21)24-19(26)22-12-13-8-10-14(20)11-9-13/h3-4,6-11,17H,2,5,12H2,1H3,(H,23,25)(H2,22,24,26). The summed E-state index contributed by atoms with van der Waals surface area (Å²) in [6.07, 6.45) is 1.07. The van der Waals surface area contributed by atoms with Crippen LogP contribution in [0.1, 0.15) is 25.3 Å². The molecule has 0 aliphatic rings. The number of anilines is 1. The Bertz CT molecular complexity index is 751. The van der Waals surface area contributed by atoms with E-state index in [0.29, 0.717) is 12.8 Å². The summed E-state index contributed by atoms with van der Waals surface area (Å²) in [7, 11) is 0. The van der Waals surface area contributed by atoms with Gasteiger partial charge in [-0.2, -0.15) is 0 Å². The van der Waals surface area contributed by atoms with Gasteiger partial charge in [-0.05, 0) is 36.2 Å². The maximum absolute atomic E-state index is 13.7. The van der Waals surface area contributed by atoms with Crippen molar-refractivity contribution in [3.8, 4) is 0 Å². The van der Waals surface area contributed by atoms with Crippen LogP contribution in [0.2, 0.25) is 0 Å². The van der Waals surface area contributed by atoms with Gasteiger partial charge in [0.2, 0.25) is 5.91 Å². The molecule has 2 rings (SSSR count). The van der Waals surface area contributed by atoms with Crippen molar-refractivity contribution in [2.45, 2.75) is 32.4 Å². The van der Waals surface area contributed by atoms with Gasteiger partial charge in [0.25, 0.3) is 0 Å².